The summed E-state index contributed by atoms with van der Waals surface area (Å²) in [7, 11) is 0. The van der Waals surface area contributed by atoms with Crippen LogP contribution in [-0.4, -0.2) is 15.0 Å². The molecule has 0 fully saturated rings. The molecule has 3 rings (SSSR count). The molecule has 0 aliphatic carbocycles. The van der Waals surface area contributed by atoms with Crippen LogP contribution in [0.15, 0.2) is 54.6 Å². The summed E-state index contributed by atoms with van der Waals surface area (Å²) in [5.41, 5.74) is 1.87. The van der Waals surface area contributed by atoms with E-state index in [2.05, 4.69) is 4.98 Å². The molecule has 0 saturated heterocycles. The van der Waals surface area contributed by atoms with Gasteiger partial charge in [0.15, 0.2) is 0 Å². The monoisotopic (exact) mass is 312 g/mol. The van der Waals surface area contributed by atoms with E-state index in [1.54, 1.807) is 18.2 Å². The number of fused-ring (bicyclic) bond motifs is 1. The molecule has 6 heteroatoms. The number of hydrogen-bond donors (Lipinski definition) is 1. The van der Waals surface area contributed by atoms with Crippen LogP contribution in [0.4, 0.5) is 10.1 Å². The maximum absolute atomic E-state index is 13.1. The zero-order valence-corrected chi connectivity index (χ0v) is 12.0. The van der Waals surface area contributed by atoms with Gasteiger partial charge < -0.3 is 5.11 Å². The lowest BCUT2D eigenvalue weighted by molar-refractivity contribution is -0.384. The minimum Gasteiger partial charge on any atom is -0.388 e. The molecule has 0 amide bonds. The summed E-state index contributed by atoms with van der Waals surface area (Å²) >= 11 is 0. The van der Waals surface area contributed by atoms with Gasteiger partial charge in [-0.15, -0.1) is 0 Å². The summed E-state index contributed by atoms with van der Waals surface area (Å²) in [4.78, 5) is 14.5. The van der Waals surface area contributed by atoms with E-state index < -0.39 is 11.0 Å². The molecule has 0 saturated carbocycles. The van der Waals surface area contributed by atoms with Crippen molar-refractivity contribution in [2.24, 2.45) is 0 Å². The number of aliphatic hydroxyl groups excluding tert-OH is 1. The molecule has 0 radical (unpaired) electrons. The van der Waals surface area contributed by atoms with E-state index in [9.17, 15) is 19.6 Å². The normalized spacial score (nSPS) is 12.3. The summed E-state index contributed by atoms with van der Waals surface area (Å²) in [6, 6.07) is 13.6. The predicted octanol–water partition coefficient (Wildman–Crippen LogP) is 3.56. The van der Waals surface area contributed by atoms with E-state index in [1.807, 2.05) is 0 Å². The molecule has 1 N–H and O–H groups in total. The van der Waals surface area contributed by atoms with Crippen molar-refractivity contribution in [1.29, 1.82) is 0 Å². The zero-order valence-electron chi connectivity index (χ0n) is 12.0. The van der Waals surface area contributed by atoms with Gasteiger partial charge in [-0.05, 0) is 42.0 Å². The third kappa shape index (κ3) is 3.32. The molecule has 1 aromatic heterocycles. The first-order valence-electron chi connectivity index (χ1n) is 7.00. The highest BCUT2D eigenvalue weighted by molar-refractivity contribution is 5.78. The van der Waals surface area contributed by atoms with Crippen LogP contribution in [0, 0.1) is 15.9 Å². The summed E-state index contributed by atoms with van der Waals surface area (Å²) in [5.74, 6) is -0.321. The second kappa shape index (κ2) is 6.10. The number of nitro groups is 1. The number of hydrogen-bond acceptors (Lipinski definition) is 4. The third-order valence-corrected chi connectivity index (χ3v) is 3.60. The Balaban J connectivity index is 1.80. The Morgan fingerprint density at radius 2 is 1.87 bits per heavy atom. The van der Waals surface area contributed by atoms with E-state index >= 15 is 0 Å². The Hall–Kier alpha value is -2.86. The number of benzene rings is 2. The molecule has 2 aromatic carbocycles. The largest absolute Gasteiger partial charge is 0.388 e. The maximum Gasteiger partial charge on any atom is 0.269 e. The molecule has 0 bridgehead atoms. The molecule has 3 aromatic rings. The van der Waals surface area contributed by atoms with Crippen LogP contribution in [0.1, 0.15) is 17.4 Å². The number of nitro benzene ring substituents is 1. The van der Waals surface area contributed by atoms with Crippen LogP contribution in [0.3, 0.4) is 0 Å². The van der Waals surface area contributed by atoms with Crippen molar-refractivity contribution in [3.05, 3.63) is 81.8 Å². The SMILES string of the molecule is O=[N+]([O-])c1ccc([C@H](O)Cc2ccc3cc(F)ccc3n2)cc1. The van der Waals surface area contributed by atoms with E-state index in [-0.39, 0.29) is 17.9 Å². The topological polar surface area (TPSA) is 76.3 Å². The van der Waals surface area contributed by atoms with Crippen molar-refractivity contribution >= 4 is 16.6 Å². The van der Waals surface area contributed by atoms with Gasteiger partial charge in [-0.2, -0.15) is 0 Å². The van der Waals surface area contributed by atoms with Gasteiger partial charge in [0, 0.05) is 29.6 Å². The first-order valence-corrected chi connectivity index (χ1v) is 7.00. The molecule has 0 aliphatic rings. The molecule has 1 atom stereocenters. The van der Waals surface area contributed by atoms with Crippen molar-refractivity contribution in [3.8, 4) is 0 Å². The van der Waals surface area contributed by atoms with Gasteiger partial charge in [0.25, 0.3) is 5.69 Å². The summed E-state index contributed by atoms with van der Waals surface area (Å²) in [6.45, 7) is 0. The number of halogens is 1. The minimum atomic E-state index is -0.818. The average molecular weight is 312 g/mol. The molecular weight excluding hydrogens is 299 g/mol. The smallest absolute Gasteiger partial charge is 0.269 e. The summed E-state index contributed by atoms with van der Waals surface area (Å²) in [6.07, 6.45) is -0.549. The highest BCUT2D eigenvalue weighted by atomic mass is 19.1. The molecule has 116 valence electrons. The van der Waals surface area contributed by atoms with Crippen LogP contribution in [-0.2, 0) is 6.42 Å². The van der Waals surface area contributed by atoms with Crippen LogP contribution in [0.25, 0.3) is 10.9 Å². The molecular formula is C17H13FN2O3. The van der Waals surface area contributed by atoms with E-state index in [1.165, 1.54) is 36.4 Å². The Bertz CT molecular complexity index is 865. The highest BCUT2D eigenvalue weighted by Crippen LogP contribution is 2.22. The molecule has 0 unspecified atom stereocenters. The number of pyridine rings is 1. The second-order valence-electron chi connectivity index (χ2n) is 5.21. The number of aromatic nitrogens is 1. The fraction of sp³-hybridized carbons (Fsp3) is 0.118. The van der Waals surface area contributed by atoms with Crippen LogP contribution >= 0.6 is 0 Å². The lowest BCUT2D eigenvalue weighted by Gasteiger charge is -2.11. The maximum atomic E-state index is 13.1. The average Bonchev–Trinajstić information content (AvgIpc) is 2.55. The van der Waals surface area contributed by atoms with Crippen LogP contribution in [0.5, 0.6) is 0 Å². The summed E-state index contributed by atoms with van der Waals surface area (Å²) in [5, 5.41) is 21.6. The van der Waals surface area contributed by atoms with Crippen LogP contribution in [0.2, 0.25) is 0 Å². The first kappa shape index (κ1) is 15.1. The molecule has 5 nitrogen and oxygen atoms in total. The standard InChI is InChI=1S/C17H13FN2O3/c18-13-4-8-16-12(9-13)1-5-14(19-16)10-17(21)11-2-6-15(7-3-11)20(22)23/h1-9,17,21H,10H2/t17-/m1/s1. The van der Waals surface area contributed by atoms with Crippen molar-refractivity contribution in [3.63, 3.8) is 0 Å². The number of aliphatic hydroxyl groups is 1. The molecule has 1 heterocycles. The Morgan fingerprint density at radius 1 is 1.13 bits per heavy atom. The quantitative estimate of drug-likeness (QED) is 0.590. The van der Waals surface area contributed by atoms with Gasteiger partial charge >= 0.3 is 0 Å². The van der Waals surface area contributed by atoms with Crippen molar-refractivity contribution in [2.75, 3.05) is 0 Å². The van der Waals surface area contributed by atoms with Crippen molar-refractivity contribution in [1.82, 2.24) is 4.98 Å². The minimum absolute atomic E-state index is 0.0215. The van der Waals surface area contributed by atoms with Gasteiger partial charge in [-0.25, -0.2) is 4.39 Å². The number of non-ortho nitro benzene ring substituents is 1. The van der Waals surface area contributed by atoms with Gasteiger partial charge in [0.2, 0.25) is 0 Å². The fourth-order valence-corrected chi connectivity index (χ4v) is 2.39. The lowest BCUT2D eigenvalue weighted by atomic mass is 10.0. The van der Waals surface area contributed by atoms with Gasteiger partial charge in [-0.1, -0.05) is 6.07 Å². The predicted molar refractivity (Wildman–Crippen MR) is 83.5 cm³/mol. The van der Waals surface area contributed by atoms with E-state index in [0.717, 1.165) is 0 Å². The molecule has 0 aliphatic heterocycles. The third-order valence-electron chi connectivity index (χ3n) is 3.60. The Labute approximate surface area is 131 Å². The molecule has 23 heavy (non-hydrogen) atoms. The highest BCUT2D eigenvalue weighted by Gasteiger charge is 2.12. The van der Waals surface area contributed by atoms with Crippen LogP contribution < -0.4 is 0 Å². The van der Waals surface area contributed by atoms with Gasteiger partial charge in [-0.3, -0.25) is 15.1 Å². The first-order chi connectivity index (χ1) is 11.0. The van der Waals surface area contributed by atoms with E-state index in [0.29, 0.717) is 22.2 Å². The fourth-order valence-electron chi connectivity index (χ4n) is 2.39. The van der Waals surface area contributed by atoms with Gasteiger partial charge in [0.1, 0.15) is 5.82 Å². The van der Waals surface area contributed by atoms with Crippen molar-refractivity contribution in [2.45, 2.75) is 12.5 Å². The second-order valence-corrected chi connectivity index (χ2v) is 5.21. The number of rotatable bonds is 4. The Kier molecular flexibility index (Phi) is 3.99. The van der Waals surface area contributed by atoms with Gasteiger partial charge in [0.05, 0.1) is 16.5 Å². The van der Waals surface area contributed by atoms with Crippen molar-refractivity contribution < 1.29 is 14.4 Å². The number of nitrogens with zero attached hydrogens (tertiary/aromatic N) is 2. The lowest BCUT2D eigenvalue weighted by Crippen LogP contribution is -2.03. The Morgan fingerprint density at radius 3 is 2.57 bits per heavy atom. The molecule has 0 spiro atoms. The summed E-state index contributed by atoms with van der Waals surface area (Å²) < 4.78 is 13.1. The zero-order chi connectivity index (χ0) is 16.4. The van der Waals surface area contributed by atoms with E-state index in [4.69, 9.17) is 0 Å².